The van der Waals surface area contributed by atoms with Crippen LogP contribution >= 0.6 is 0 Å². The summed E-state index contributed by atoms with van der Waals surface area (Å²) in [7, 11) is 0. The van der Waals surface area contributed by atoms with E-state index >= 15 is 0 Å². The van der Waals surface area contributed by atoms with Gasteiger partial charge in [0.2, 0.25) is 5.43 Å². The van der Waals surface area contributed by atoms with Gasteiger partial charge in [-0.15, -0.1) is 0 Å². The SMILES string of the molecule is O=C(O)c1cn2c(c(O)c1=O)C(=O)N(CCO)CC2. The Hall–Kier alpha value is -2.35. The molecule has 19 heavy (non-hydrogen) atoms. The van der Waals surface area contributed by atoms with Crippen LogP contribution in [0.1, 0.15) is 20.8 Å². The van der Waals surface area contributed by atoms with Gasteiger partial charge in [-0.25, -0.2) is 4.79 Å². The number of carbonyl (C=O) groups is 2. The summed E-state index contributed by atoms with van der Waals surface area (Å²) in [4.78, 5) is 35.8. The molecule has 1 aromatic heterocycles. The lowest BCUT2D eigenvalue weighted by molar-refractivity contribution is 0.0648. The highest BCUT2D eigenvalue weighted by Gasteiger charge is 2.30. The number of nitrogens with zero attached hydrogens (tertiary/aromatic N) is 2. The van der Waals surface area contributed by atoms with Crippen LogP contribution in [-0.4, -0.2) is 56.4 Å². The van der Waals surface area contributed by atoms with Gasteiger partial charge >= 0.3 is 5.97 Å². The average molecular weight is 268 g/mol. The van der Waals surface area contributed by atoms with Crippen molar-refractivity contribution in [3.8, 4) is 5.75 Å². The Bertz CT molecular complexity index is 606. The number of aliphatic hydroxyl groups is 1. The van der Waals surface area contributed by atoms with Gasteiger partial charge in [0.15, 0.2) is 11.4 Å². The lowest BCUT2D eigenvalue weighted by atomic mass is 10.1. The van der Waals surface area contributed by atoms with Crippen LogP contribution in [-0.2, 0) is 6.54 Å². The Morgan fingerprint density at radius 3 is 2.58 bits per heavy atom. The second kappa shape index (κ2) is 4.73. The van der Waals surface area contributed by atoms with E-state index in [-0.39, 0.29) is 31.9 Å². The van der Waals surface area contributed by atoms with Crippen molar-refractivity contribution in [2.45, 2.75) is 6.54 Å². The number of amides is 1. The molecule has 0 saturated heterocycles. The summed E-state index contributed by atoms with van der Waals surface area (Å²) in [6, 6.07) is 0. The first kappa shape index (κ1) is 13.1. The van der Waals surface area contributed by atoms with Crippen molar-refractivity contribution in [2.24, 2.45) is 0 Å². The molecule has 1 amide bonds. The van der Waals surface area contributed by atoms with Gasteiger partial charge in [-0.3, -0.25) is 9.59 Å². The van der Waals surface area contributed by atoms with Gasteiger partial charge in [-0.05, 0) is 0 Å². The first-order valence-electron chi connectivity index (χ1n) is 5.57. The molecule has 8 nitrogen and oxygen atoms in total. The highest BCUT2D eigenvalue weighted by Crippen LogP contribution is 2.19. The minimum absolute atomic E-state index is 0.0904. The molecule has 0 atom stereocenters. The van der Waals surface area contributed by atoms with E-state index in [0.29, 0.717) is 0 Å². The Morgan fingerprint density at radius 2 is 2.00 bits per heavy atom. The second-order valence-corrected chi connectivity index (χ2v) is 4.08. The van der Waals surface area contributed by atoms with Crippen LogP contribution in [0, 0.1) is 0 Å². The van der Waals surface area contributed by atoms with Crippen molar-refractivity contribution in [2.75, 3.05) is 19.7 Å². The molecule has 0 aliphatic carbocycles. The summed E-state index contributed by atoms with van der Waals surface area (Å²) in [6.45, 7) is 0.375. The van der Waals surface area contributed by atoms with Gasteiger partial charge in [-0.1, -0.05) is 0 Å². The number of carboxylic acid groups (broad SMARTS) is 1. The van der Waals surface area contributed by atoms with Crippen molar-refractivity contribution in [1.82, 2.24) is 9.47 Å². The molecule has 1 aliphatic heterocycles. The van der Waals surface area contributed by atoms with Crippen LogP contribution in [0.3, 0.4) is 0 Å². The monoisotopic (exact) mass is 268 g/mol. The largest absolute Gasteiger partial charge is 0.503 e. The van der Waals surface area contributed by atoms with E-state index in [2.05, 4.69) is 0 Å². The molecule has 1 aromatic rings. The predicted octanol–water partition coefficient (Wildman–Crippen LogP) is -1.30. The number of carbonyl (C=O) groups excluding carboxylic acids is 1. The van der Waals surface area contributed by atoms with Crippen LogP contribution in [0.2, 0.25) is 0 Å². The van der Waals surface area contributed by atoms with Crippen LogP contribution in [0.15, 0.2) is 11.0 Å². The van der Waals surface area contributed by atoms with E-state index < -0.39 is 28.6 Å². The number of hydrogen-bond donors (Lipinski definition) is 3. The van der Waals surface area contributed by atoms with Gasteiger partial charge in [0.1, 0.15) is 5.56 Å². The molecule has 0 fully saturated rings. The minimum Gasteiger partial charge on any atom is -0.503 e. The van der Waals surface area contributed by atoms with E-state index in [1.165, 1.54) is 9.47 Å². The van der Waals surface area contributed by atoms with Gasteiger partial charge < -0.3 is 24.8 Å². The molecule has 3 N–H and O–H groups in total. The quantitative estimate of drug-likeness (QED) is 0.626. The molecule has 0 spiro atoms. The van der Waals surface area contributed by atoms with Crippen molar-refractivity contribution in [1.29, 1.82) is 0 Å². The Kier molecular flexibility index (Phi) is 3.26. The fourth-order valence-corrected chi connectivity index (χ4v) is 2.02. The predicted molar refractivity (Wildman–Crippen MR) is 62.3 cm³/mol. The van der Waals surface area contributed by atoms with Crippen LogP contribution < -0.4 is 5.43 Å². The summed E-state index contributed by atoms with van der Waals surface area (Å²) in [5, 5.41) is 27.4. The Balaban J connectivity index is 2.57. The van der Waals surface area contributed by atoms with Crippen LogP contribution in [0.5, 0.6) is 5.75 Å². The fourth-order valence-electron chi connectivity index (χ4n) is 2.02. The Morgan fingerprint density at radius 1 is 1.32 bits per heavy atom. The molecule has 0 unspecified atom stereocenters. The molecule has 2 heterocycles. The standard InChI is InChI=1S/C11H12N2O6/c14-4-3-12-1-2-13-5-6(11(18)19)8(15)9(16)7(13)10(12)17/h5,14,16H,1-4H2,(H,18,19). The molecule has 0 bridgehead atoms. The van der Waals surface area contributed by atoms with E-state index in [9.17, 15) is 19.5 Å². The lowest BCUT2D eigenvalue weighted by Crippen LogP contribution is -2.43. The molecular weight excluding hydrogens is 256 g/mol. The number of aromatic hydroxyl groups is 1. The van der Waals surface area contributed by atoms with Crippen molar-refractivity contribution >= 4 is 11.9 Å². The fraction of sp³-hybridized carbons (Fsp3) is 0.364. The number of aromatic carboxylic acids is 1. The molecule has 0 aromatic carbocycles. The lowest BCUT2D eigenvalue weighted by Gasteiger charge is -2.29. The zero-order chi connectivity index (χ0) is 14.2. The van der Waals surface area contributed by atoms with Crippen LogP contribution in [0.25, 0.3) is 0 Å². The third-order valence-corrected chi connectivity index (χ3v) is 2.96. The van der Waals surface area contributed by atoms with E-state index in [0.717, 1.165) is 6.20 Å². The zero-order valence-corrected chi connectivity index (χ0v) is 9.87. The van der Waals surface area contributed by atoms with Gasteiger partial charge in [0.25, 0.3) is 5.91 Å². The van der Waals surface area contributed by atoms with Gasteiger partial charge in [-0.2, -0.15) is 0 Å². The van der Waals surface area contributed by atoms with Gasteiger partial charge in [0.05, 0.1) is 6.61 Å². The van der Waals surface area contributed by atoms with Crippen molar-refractivity contribution in [3.63, 3.8) is 0 Å². The first-order valence-corrected chi connectivity index (χ1v) is 5.57. The van der Waals surface area contributed by atoms with E-state index in [1.807, 2.05) is 0 Å². The van der Waals surface area contributed by atoms with Crippen LogP contribution in [0.4, 0.5) is 0 Å². The number of aromatic nitrogens is 1. The molecule has 1 aliphatic rings. The summed E-state index contributed by atoms with van der Waals surface area (Å²) in [6.07, 6.45) is 1.05. The molecular formula is C11H12N2O6. The average Bonchev–Trinajstić information content (AvgIpc) is 2.36. The summed E-state index contributed by atoms with van der Waals surface area (Å²) in [5.74, 6) is -2.93. The third kappa shape index (κ3) is 2.06. The normalized spacial score (nSPS) is 14.4. The van der Waals surface area contributed by atoms with Gasteiger partial charge in [0, 0.05) is 25.8 Å². The summed E-state index contributed by atoms with van der Waals surface area (Å²) >= 11 is 0. The number of carboxylic acids is 1. The molecule has 8 heteroatoms. The highest BCUT2D eigenvalue weighted by molar-refractivity contribution is 5.97. The molecule has 2 rings (SSSR count). The first-order chi connectivity index (χ1) is 8.97. The number of aliphatic hydroxyl groups excluding tert-OH is 1. The third-order valence-electron chi connectivity index (χ3n) is 2.96. The maximum Gasteiger partial charge on any atom is 0.341 e. The maximum absolute atomic E-state index is 12.0. The Labute approximate surface area is 107 Å². The molecule has 0 radical (unpaired) electrons. The summed E-state index contributed by atoms with van der Waals surface area (Å²) in [5.41, 5.74) is -1.91. The van der Waals surface area contributed by atoms with E-state index in [4.69, 9.17) is 10.2 Å². The smallest absolute Gasteiger partial charge is 0.341 e. The second-order valence-electron chi connectivity index (χ2n) is 4.08. The number of pyridine rings is 1. The number of rotatable bonds is 3. The van der Waals surface area contributed by atoms with Crippen molar-refractivity contribution in [3.05, 3.63) is 27.7 Å². The molecule has 0 saturated carbocycles. The van der Waals surface area contributed by atoms with Crippen molar-refractivity contribution < 1.29 is 24.9 Å². The summed E-state index contributed by atoms with van der Waals surface area (Å²) < 4.78 is 1.25. The number of hydrogen-bond acceptors (Lipinski definition) is 5. The highest BCUT2D eigenvalue weighted by atomic mass is 16.4. The number of fused-ring (bicyclic) bond motifs is 1. The topological polar surface area (TPSA) is 120 Å². The minimum atomic E-state index is -1.46. The molecule has 102 valence electrons. The maximum atomic E-state index is 12.0. The zero-order valence-electron chi connectivity index (χ0n) is 9.87. The number of β-amino-alcohol motifs (C(OH)–C–C–N with tert-alkyl or cyclic N) is 1. The van der Waals surface area contributed by atoms with E-state index in [1.54, 1.807) is 0 Å².